The minimum Gasteiger partial charge on any atom is -0.478 e. The summed E-state index contributed by atoms with van der Waals surface area (Å²) in [5.41, 5.74) is 0. The molecule has 5 nitrogen and oxygen atoms in total. The van der Waals surface area contributed by atoms with Crippen LogP contribution in [0.5, 0.6) is 5.75 Å². The van der Waals surface area contributed by atoms with Gasteiger partial charge in [-0.3, -0.25) is 10.1 Å². The number of Topliss-reactive ketones (excluding diaryl/α,β-unsaturated/α-hetero) is 1. The smallest absolute Gasteiger partial charge is 0.347 e. The lowest BCUT2D eigenvalue weighted by atomic mass is 9.99. The number of hydrogen-bond donors (Lipinski definition) is 2. The predicted octanol–water partition coefficient (Wildman–Crippen LogP) is 0.0595. The number of ether oxygens (including phenoxy) is 1. The van der Waals surface area contributed by atoms with E-state index in [4.69, 9.17) is 9.84 Å². The Balaban J connectivity index is 2.09. The largest absolute Gasteiger partial charge is 0.478 e. The molecule has 2 unspecified atom stereocenters. The quantitative estimate of drug-likeness (QED) is 0.751. The van der Waals surface area contributed by atoms with Crippen LogP contribution in [-0.2, 0) is 9.59 Å². The summed E-state index contributed by atoms with van der Waals surface area (Å²) in [7, 11) is 0. The van der Waals surface area contributed by atoms with Gasteiger partial charge in [0, 0.05) is 0 Å². The zero-order valence-electron chi connectivity index (χ0n) is 8.42. The van der Waals surface area contributed by atoms with Crippen molar-refractivity contribution in [3.8, 4) is 5.75 Å². The van der Waals surface area contributed by atoms with E-state index in [1.165, 1.54) is 0 Å². The number of carboxylic acids is 1. The van der Waals surface area contributed by atoms with E-state index in [1.54, 1.807) is 30.3 Å². The first-order valence-corrected chi connectivity index (χ1v) is 4.89. The Morgan fingerprint density at radius 3 is 2.56 bits per heavy atom. The van der Waals surface area contributed by atoms with Gasteiger partial charge in [-0.15, -0.1) is 0 Å². The van der Waals surface area contributed by atoms with Crippen molar-refractivity contribution in [2.75, 3.05) is 6.54 Å². The number of carbonyl (C=O) groups excluding carboxylic acids is 1. The molecule has 0 saturated carbocycles. The summed E-state index contributed by atoms with van der Waals surface area (Å²) in [5, 5.41) is 11.7. The van der Waals surface area contributed by atoms with E-state index in [0.717, 1.165) is 0 Å². The molecule has 2 rings (SSSR count). The summed E-state index contributed by atoms with van der Waals surface area (Å²) < 4.78 is 5.27. The van der Waals surface area contributed by atoms with Crippen LogP contribution >= 0.6 is 0 Å². The number of nitrogens with one attached hydrogen (secondary N) is 1. The molecule has 1 heterocycles. The SMILES string of the molecule is O=C1CNC1C(Oc1ccccc1)C(=O)O. The zero-order valence-corrected chi connectivity index (χ0v) is 8.42. The number of carboxylic acid groups (broad SMARTS) is 1. The second-order valence-electron chi connectivity index (χ2n) is 3.51. The molecule has 84 valence electrons. The fraction of sp³-hybridized carbons (Fsp3) is 0.273. The lowest BCUT2D eigenvalue weighted by Gasteiger charge is -2.31. The lowest BCUT2D eigenvalue weighted by molar-refractivity contribution is -0.151. The Kier molecular flexibility index (Phi) is 2.87. The Morgan fingerprint density at radius 1 is 1.44 bits per heavy atom. The Labute approximate surface area is 92.0 Å². The molecule has 1 saturated heterocycles. The number of aliphatic carboxylic acids is 1. The topological polar surface area (TPSA) is 75.6 Å². The average molecular weight is 221 g/mol. The summed E-state index contributed by atoms with van der Waals surface area (Å²) >= 11 is 0. The van der Waals surface area contributed by atoms with Crippen LogP contribution in [0, 0.1) is 0 Å². The van der Waals surface area contributed by atoms with Crippen molar-refractivity contribution in [2.24, 2.45) is 0 Å². The average Bonchev–Trinajstić information content (AvgIpc) is 2.27. The van der Waals surface area contributed by atoms with Gasteiger partial charge >= 0.3 is 5.97 Å². The minimum absolute atomic E-state index is 0.136. The highest BCUT2D eigenvalue weighted by molar-refractivity contribution is 5.96. The van der Waals surface area contributed by atoms with Crippen molar-refractivity contribution < 1.29 is 19.4 Å². The van der Waals surface area contributed by atoms with Crippen molar-refractivity contribution >= 4 is 11.8 Å². The monoisotopic (exact) mass is 221 g/mol. The van der Waals surface area contributed by atoms with Gasteiger partial charge in [-0.05, 0) is 12.1 Å². The molecule has 1 aliphatic heterocycles. The normalized spacial score (nSPS) is 21.0. The molecule has 2 N–H and O–H groups in total. The van der Waals surface area contributed by atoms with Crippen LogP contribution in [0.1, 0.15) is 0 Å². The number of para-hydroxylation sites is 1. The van der Waals surface area contributed by atoms with Gasteiger partial charge in [-0.25, -0.2) is 4.79 Å². The molecular weight excluding hydrogens is 210 g/mol. The highest BCUT2D eigenvalue weighted by Gasteiger charge is 2.41. The first-order valence-electron chi connectivity index (χ1n) is 4.89. The number of rotatable bonds is 4. The van der Waals surface area contributed by atoms with Crippen LogP contribution in [0.4, 0.5) is 0 Å². The molecule has 0 aromatic heterocycles. The van der Waals surface area contributed by atoms with E-state index >= 15 is 0 Å². The van der Waals surface area contributed by atoms with E-state index in [2.05, 4.69) is 5.32 Å². The van der Waals surface area contributed by atoms with Crippen molar-refractivity contribution in [3.05, 3.63) is 30.3 Å². The van der Waals surface area contributed by atoms with E-state index in [0.29, 0.717) is 5.75 Å². The second kappa shape index (κ2) is 4.32. The molecule has 0 spiro atoms. The van der Waals surface area contributed by atoms with E-state index < -0.39 is 18.1 Å². The number of hydrogen-bond acceptors (Lipinski definition) is 4. The van der Waals surface area contributed by atoms with Crippen LogP contribution in [0.15, 0.2) is 30.3 Å². The van der Waals surface area contributed by atoms with E-state index in [-0.39, 0.29) is 12.3 Å². The maximum atomic E-state index is 11.2. The number of ketones is 1. The predicted molar refractivity (Wildman–Crippen MR) is 55.3 cm³/mol. The van der Waals surface area contributed by atoms with Crippen molar-refractivity contribution in [2.45, 2.75) is 12.1 Å². The number of benzene rings is 1. The van der Waals surface area contributed by atoms with Crippen LogP contribution in [0.25, 0.3) is 0 Å². The molecule has 5 heteroatoms. The molecular formula is C11H11NO4. The molecule has 0 bridgehead atoms. The molecule has 1 aliphatic rings. The van der Waals surface area contributed by atoms with Crippen LogP contribution in [0.2, 0.25) is 0 Å². The van der Waals surface area contributed by atoms with Gasteiger partial charge in [-0.2, -0.15) is 0 Å². The fourth-order valence-corrected chi connectivity index (χ4v) is 1.49. The Morgan fingerprint density at radius 2 is 2.12 bits per heavy atom. The molecule has 0 aliphatic carbocycles. The highest BCUT2D eigenvalue weighted by Crippen LogP contribution is 2.15. The summed E-state index contributed by atoms with van der Waals surface area (Å²) in [6.07, 6.45) is -1.16. The molecule has 1 aromatic carbocycles. The maximum absolute atomic E-state index is 11.2. The summed E-state index contributed by atoms with van der Waals surface area (Å²) in [6.45, 7) is 0.215. The van der Waals surface area contributed by atoms with Crippen molar-refractivity contribution in [3.63, 3.8) is 0 Å². The van der Waals surface area contributed by atoms with Crippen molar-refractivity contribution in [1.82, 2.24) is 5.32 Å². The third kappa shape index (κ3) is 2.04. The highest BCUT2D eigenvalue weighted by atomic mass is 16.5. The molecule has 1 aromatic rings. The van der Waals surface area contributed by atoms with Gasteiger partial charge < -0.3 is 9.84 Å². The lowest BCUT2D eigenvalue weighted by Crippen LogP contribution is -2.63. The third-order valence-corrected chi connectivity index (χ3v) is 2.40. The van der Waals surface area contributed by atoms with Crippen LogP contribution in [-0.4, -0.2) is 35.5 Å². The molecule has 0 radical (unpaired) electrons. The van der Waals surface area contributed by atoms with Gasteiger partial charge in [0.15, 0.2) is 5.78 Å². The fourth-order valence-electron chi connectivity index (χ4n) is 1.49. The molecule has 16 heavy (non-hydrogen) atoms. The molecule has 2 atom stereocenters. The third-order valence-electron chi connectivity index (χ3n) is 2.40. The molecule has 0 amide bonds. The Hall–Kier alpha value is -1.88. The zero-order chi connectivity index (χ0) is 11.5. The van der Waals surface area contributed by atoms with Gasteiger partial charge in [0.1, 0.15) is 11.8 Å². The van der Waals surface area contributed by atoms with Crippen LogP contribution < -0.4 is 10.1 Å². The van der Waals surface area contributed by atoms with Gasteiger partial charge in [-0.1, -0.05) is 18.2 Å². The maximum Gasteiger partial charge on any atom is 0.347 e. The minimum atomic E-state index is -1.16. The Bertz CT molecular complexity index is 404. The van der Waals surface area contributed by atoms with Gasteiger partial charge in [0.25, 0.3) is 0 Å². The standard InChI is InChI=1S/C11H11NO4/c13-8-6-12-9(8)10(11(14)15)16-7-4-2-1-3-5-7/h1-5,9-10,12H,6H2,(H,14,15). The van der Waals surface area contributed by atoms with Crippen LogP contribution in [0.3, 0.4) is 0 Å². The van der Waals surface area contributed by atoms with Gasteiger partial charge in [0.05, 0.1) is 6.54 Å². The summed E-state index contributed by atoms with van der Waals surface area (Å²) in [6, 6.07) is 7.85. The first-order chi connectivity index (χ1) is 7.68. The first kappa shape index (κ1) is 10.6. The molecule has 1 fully saturated rings. The van der Waals surface area contributed by atoms with Gasteiger partial charge in [0.2, 0.25) is 6.10 Å². The number of carbonyl (C=O) groups is 2. The summed E-state index contributed by atoms with van der Waals surface area (Å²) in [4.78, 5) is 22.1. The van der Waals surface area contributed by atoms with E-state index in [9.17, 15) is 9.59 Å². The van der Waals surface area contributed by atoms with Crippen molar-refractivity contribution in [1.29, 1.82) is 0 Å². The second-order valence-corrected chi connectivity index (χ2v) is 3.51. The van der Waals surface area contributed by atoms with E-state index in [1.807, 2.05) is 0 Å². The summed E-state index contributed by atoms with van der Waals surface area (Å²) in [5.74, 6) is -0.839.